The first-order chi connectivity index (χ1) is 9.31. The van der Waals surface area contributed by atoms with E-state index in [9.17, 15) is 0 Å². The normalized spacial score (nSPS) is 19.0. The monoisotopic (exact) mass is 264 g/mol. The second-order valence-electron chi connectivity index (χ2n) is 5.01. The van der Waals surface area contributed by atoms with Crippen molar-refractivity contribution in [3.05, 3.63) is 29.8 Å². The number of benzene rings is 1. The minimum atomic E-state index is 0.523. The predicted molar refractivity (Wildman–Crippen MR) is 76.3 cm³/mol. The molecule has 1 aromatic rings. The maximum Gasteiger partial charge on any atom is 0.123 e. The lowest BCUT2D eigenvalue weighted by Gasteiger charge is -2.22. The van der Waals surface area contributed by atoms with Crippen LogP contribution in [0, 0.1) is 0 Å². The first-order valence-corrected chi connectivity index (χ1v) is 7.00. The fourth-order valence-electron chi connectivity index (χ4n) is 2.36. The molecule has 0 bridgehead atoms. The standard InChI is InChI=1S/C15H24N2O2/c1-17(14-7-10-18-12-14)8-4-9-19-15-6-3-2-5-13(15)11-16/h2-3,5-6,14H,4,7-12,16H2,1H3. The first-order valence-electron chi connectivity index (χ1n) is 7.00. The van der Waals surface area contributed by atoms with Crippen LogP contribution in [-0.4, -0.2) is 44.4 Å². The van der Waals surface area contributed by atoms with Crippen LogP contribution in [0.4, 0.5) is 0 Å². The van der Waals surface area contributed by atoms with E-state index in [0.717, 1.165) is 50.5 Å². The Balaban J connectivity index is 1.68. The molecule has 0 radical (unpaired) electrons. The Morgan fingerprint density at radius 2 is 2.26 bits per heavy atom. The zero-order chi connectivity index (χ0) is 13.5. The molecule has 1 aliphatic rings. The molecule has 1 unspecified atom stereocenters. The fraction of sp³-hybridized carbons (Fsp3) is 0.600. The average molecular weight is 264 g/mol. The molecule has 1 aliphatic heterocycles. The lowest BCUT2D eigenvalue weighted by atomic mass is 10.2. The molecule has 1 fully saturated rings. The Morgan fingerprint density at radius 3 is 3.00 bits per heavy atom. The zero-order valence-corrected chi connectivity index (χ0v) is 11.7. The Kier molecular flexibility index (Phi) is 5.63. The van der Waals surface area contributed by atoms with Gasteiger partial charge in [-0.05, 0) is 26.0 Å². The zero-order valence-electron chi connectivity index (χ0n) is 11.7. The number of hydrogen-bond acceptors (Lipinski definition) is 4. The summed E-state index contributed by atoms with van der Waals surface area (Å²) in [4.78, 5) is 2.37. The van der Waals surface area contributed by atoms with Gasteiger partial charge in [-0.2, -0.15) is 0 Å². The Morgan fingerprint density at radius 1 is 1.42 bits per heavy atom. The van der Waals surface area contributed by atoms with Crippen LogP contribution in [-0.2, 0) is 11.3 Å². The molecule has 0 spiro atoms. The summed E-state index contributed by atoms with van der Waals surface area (Å²) in [7, 11) is 2.16. The van der Waals surface area contributed by atoms with Gasteiger partial charge in [0.15, 0.2) is 0 Å². The molecule has 4 nitrogen and oxygen atoms in total. The van der Waals surface area contributed by atoms with Crippen LogP contribution in [0.5, 0.6) is 5.75 Å². The van der Waals surface area contributed by atoms with Crippen molar-refractivity contribution in [3.8, 4) is 5.75 Å². The number of nitrogens with zero attached hydrogens (tertiary/aromatic N) is 1. The summed E-state index contributed by atoms with van der Waals surface area (Å²) < 4.78 is 11.2. The van der Waals surface area contributed by atoms with Gasteiger partial charge < -0.3 is 20.1 Å². The van der Waals surface area contributed by atoms with Crippen molar-refractivity contribution in [2.45, 2.75) is 25.4 Å². The minimum Gasteiger partial charge on any atom is -0.493 e. The molecule has 4 heteroatoms. The van der Waals surface area contributed by atoms with Crippen LogP contribution in [0.1, 0.15) is 18.4 Å². The summed E-state index contributed by atoms with van der Waals surface area (Å²) >= 11 is 0. The molecule has 106 valence electrons. The average Bonchev–Trinajstić information content (AvgIpc) is 2.98. The molecular weight excluding hydrogens is 240 g/mol. The van der Waals surface area contributed by atoms with Crippen molar-refractivity contribution in [3.63, 3.8) is 0 Å². The van der Waals surface area contributed by atoms with Crippen LogP contribution in [0.2, 0.25) is 0 Å². The van der Waals surface area contributed by atoms with E-state index >= 15 is 0 Å². The van der Waals surface area contributed by atoms with Gasteiger partial charge in [-0.15, -0.1) is 0 Å². The quantitative estimate of drug-likeness (QED) is 0.761. The third-order valence-electron chi connectivity index (χ3n) is 3.63. The predicted octanol–water partition coefficient (Wildman–Crippen LogP) is 1.63. The second kappa shape index (κ2) is 7.48. The maximum absolute atomic E-state index is 5.80. The van der Waals surface area contributed by atoms with Gasteiger partial charge in [0.1, 0.15) is 5.75 Å². The van der Waals surface area contributed by atoms with Gasteiger partial charge in [0.05, 0.1) is 13.2 Å². The van der Waals surface area contributed by atoms with Gasteiger partial charge in [0.2, 0.25) is 0 Å². The number of ether oxygens (including phenoxy) is 2. The van der Waals surface area contributed by atoms with Crippen molar-refractivity contribution in [1.29, 1.82) is 0 Å². The molecule has 1 atom stereocenters. The molecule has 2 N–H and O–H groups in total. The lowest BCUT2D eigenvalue weighted by molar-refractivity contribution is 0.154. The van der Waals surface area contributed by atoms with Gasteiger partial charge in [-0.1, -0.05) is 18.2 Å². The number of nitrogens with two attached hydrogens (primary N) is 1. The molecule has 1 heterocycles. The smallest absolute Gasteiger partial charge is 0.123 e. The molecule has 0 amide bonds. The number of rotatable bonds is 7. The van der Waals surface area contributed by atoms with Crippen LogP contribution in [0.3, 0.4) is 0 Å². The van der Waals surface area contributed by atoms with Gasteiger partial charge in [0, 0.05) is 31.3 Å². The molecule has 1 aromatic carbocycles. The van der Waals surface area contributed by atoms with E-state index in [1.54, 1.807) is 0 Å². The van der Waals surface area contributed by atoms with Crippen molar-refractivity contribution in [1.82, 2.24) is 4.90 Å². The van der Waals surface area contributed by atoms with Gasteiger partial charge in [-0.3, -0.25) is 0 Å². The molecule has 0 saturated carbocycles. The van der Waals surface area contributed by atoms with E-state index in [-0.39, 0.29) is 0 Å². The maximum atomic E-state index is 5.80. The van der Waals surface area contributed by atoms with Gasteiger partial charge >= 0.3 is 0 Å². The minimum absolute atomic E-state index is 0.523. The van der Waals surface area contributed by atoms with Crippen molar-refractivity contribution in [2.24, 2.45) is 5.73 Å². The summed E-state index contributed by atoms with van der Waals surface area (Å²) in [5.74, 6) is 0.914. The van der Waals surface area contributed by atoms with E-state index < -0.39 is 0 Å². The first kappa shape index (κ1) is 14.3. The Hall–Kier alpha value is -1.10. The van der Waals surface area contributed by atoms with Crippen molar-refractivity contribution in [2.75, 3.05) is 33.4 Å². The highest BCUT2D eigenvalue weighted by Crippen LogP contribution is 2.17. The molecule has 19 heavy (non-hydrogen) atoms. The summed E-state index contributed by atoms with van der Waals surface area (Å²) in [6.45, 7) is 4.06. The van der Waals surface area contributed by atoms with Gasteiger partial charge in [0.25, 0.3) is 0 Å². The number of likely N-dealkylation sites (N-methyl/N-ethyl adjacent to an activating group) is 1. The third-order valence-corrected chi connectivity index (χ3v) is 3.63. The van der Waals surface area contributed by atoms with Crippen LogP contribution >= 0.6 is 0 Å². The summed E-state index contributed by atoms with van der Waals surface area (Å²) in [5, 5.41) is 0. The SMILES string of the molecule is CN(CCCOc1ccccc1CN)C1CCOC1. The summed E-state index contributed by atoms with van der Waals surface area (Å²) in [6, 6.07) is 8.55. The third kappa shape index (κ3) is 4.20. The molecule has 2 rings (SSSR count). The lowest BCUT2D eigenvalue weighted by Crippen LogP contribution is -2.33. The Bertz CT molecular complexity index is 378. The van der Waals surface area contributed by atoms with E-state index in [1.165, 1.54) is 0 Å². The van der Waals surface area contributed by atoms with Crippen molar-refractivity contribution < 1.29 is 9.47 Å². The molecular formula is C15H24N2O2. The highest BCUT2D eigenvalue weighted by atomic mass is 16.5. The van der Waals surface area contributed by atoms with E-state index in [4.69, 9.17) is 15.2 Å². The molecule has 1 saturated heterocycles. The largest absolute Gasteiger partial charge is 0.493 e. The van der Waals surface area contributed by atoms with Crippen LogP contribution < -0.4 is 10.5 Å². The fourth-order valence-corrected chi connectivity index (χ4v) is 2.36. The number of para-hydroxylation sites is 1. The molecule has 0 aliphatic carbocycles. The summed E-state index contributed by atoms with van der Waals surface area (Å²) in [5.41, 5.74) is 6.75. The highest BCUT2D eigenvalue weighted by molar-refractivity contribution is 5.32. The Labute approximate surface area is 115 Å². The van der Waals surface area contributed by atoms with Gasteiger partial charge in [-0.25, -0.2) is 0 Å². The van der Waals surface area contributed by atoms with Crippen LogP contribution in [0.25, 0.3) is 0 Å². The van der Waals surface area contributed by atoms with E-state index in [2.05, 4.69) is 11.9 Å². The van der Waals surface area contributed by atoms with E-state index in [1.807, 2.05) is 24.3 Å². The molecule has 0 aromatic heterocycles. The topological polar surface area (TPSA) is 47.7 Å². The van der Waals surface area contributed by atoms with Crippen molar-refractivity contribution >= 4 is 0 Å². The second-order valence-corrected chi connectivity index (χ2v) is 5.01. The summed E-state index contributed by atoms with van der Waals surface area (Å²) in [6.07, 6.45) is 2.17. The highest BCUT2D eigenvalue weighted by Gasteiger charge is 2.19. The number of hydrogen-bond donors (Lipinski definition) is 1. The van der Waals surface area contributed by atoms with Crippen LogP contribution in [0.15, 0.2) is 24.3 Å². The van der Waals surface area contributed by atoms with E-state index in [0.29, 0.717) is 12.6 Å².